The second kappa shape index (κ2) is 9.50. The number of hydrogen-bond donors (Lipinski definition) is 2. The van der Waals surface area contributed by atoms with Gasteiger partial charge in [-0.2, -0.15) is 0 Å². The van der Waals surface area contributed by atoms with Gasteiger partial charge in [-0.1, -0.05) is 19.8 Å². The molecule has 2 fully saturated rings. The lowest BCUT2D eigenvalue weighted by Crippen LogP contribution is -2.65. The Kier molecular flexibility index (Phi) is 7.94. The summed E-state index contributed by atoms with van der Waals surface area (Å²) in [6, 6.07) is 0.477. The van der Waals surface area contributed by atoms with Gasteiger partial charge >= 0.3 is 0 Å². The van der Waals surface area contributed by atoms with Crippen molar-refractivity contribution in [2.24, 2.45) is 10.4 Å². The zero-order chi connectivity index (χ0) is 17.0. The first-order valence-electron chi connectivity index (χ1n) is 9.24. The summed E-state index contributed by atoms with van der Waals surface area (Å²) in [4.78, 5) is 10.2. The van der Waals surface area contributed by atoms with Crippen LogP contribution in [0.25, 0.3) is 0 Å². The Morgan fingerprint density at radius 1 is 1.40 bits per heavy atom. The van der Waals surface area contributed by atoms with E-state index < -0.39 is 0 Å². The third kappa shape index (κ3) is 4.47. The largest absolute Gasteiger partial charge is 0.378 e. The molecule has 2 unspecified atom stereocenters. The van der Waals surface area contributed by atoms with E-state index >= 15 is 0 Å². The van der Waals surface area contributed by atoms with Crippen LogP contribution >= 0.6 is 35.3 Å². The van der Waals surface area contributed by atoms with Crippen molar-refractivity contribution in [2.75, 3.05) is 13.7 Å². The number of nitrogens with one attached hydrogen (secondary N) is 2. The summed E-state index contributed by atoms with van der Waals surface area (Å²) in [5.74, 6) is 0.884. The Labute approximate surface area is 172 Å². The molecule has 0 radical (unpaired) electrons. The SMILES string of the molecule is CCOC1CC(NC(=NC)NCc2ncc(CC)s2)C12CCCC2.I. The lowest BCUT2D eigenvalue weighted by Gasteiger charge is -2.54. The molecule has 142 valence electrons. The number of rotatable bonds is 6. The topological polar surface area (TPSA) is 58.5 Å². The number of ether oxygens (including phenoxy) is 1. The first kappa shape index (κ1) is 20.9. The van der Waals surface area contributed by atoms with Crippen molar-refractivity contribution < 1.29 is 4.74 Å². The highest BCUT2D eigenvalue weighted by atomic mass is 127. The molecular formula is C18H31IN4OS. The Morgan fingerprint density at radius 2 is 2.16 bits per heavy atom. The second-order valence-corrected chi connectivity index (χ2v) is 8.02. The van der Waals surface area contributed by atoms with Crippen molar-refractivity contribution in [3.63, 3.8) is 0 Å². The van der Waals surface area contributed by atoms with Gasteiger partial charge in [-0.25, -0.2) is 4.98 Å². The zero-order valence-electron chi connectivity index (χ0n) is 15.5. The number of nitrogens with zero attached hydrogens (tertiary/aromatic N) is 2. The number of guanidine groups is 1. The summed E-state index contributed by atoms with van der Waals surface area (Å²) in [7, 11) is 1.84. The molecule has 2 atom stereocenters. The molecule has 7 heteroatoms. The number of aromatic nitrogens is 1. The second-order valence-electron chi connectivity index (χ2n) is 6.82. The predicted octanol–water partition coefficient (Wildman–Crippen LogP) is 3.73. The molecule has 1 spiro atoms. The van der Waals surface area contributed by atoms with Gasteiger partial charge < -0.3 is 15.4 Å². The Morgan fingerprint density at radius 3 is 2.76 bits per heavy atom. The average Bonchev–Trinajstić information content (AvgIpc) is 3.27. The van der Waals surface area contributed by atoms with Gasteiger partial charge in [-0.3, -0.25) is 4.99 Å². The molecule has 2 aliphatic carbocycles. The van der Waals surface area contributed by atoms with Crippen molar-refractivity contribution in [3.8, 4) is 0 Å². The van der Waals surface area contributed by atoms with Crippen LogP contribution in [0.4, 0.5) is 0 Å². The maximum absolute atomic E-state index is 6.00. The van der Waals surface area contributed by atoms with E-state index in [1.807, 2.05) is 13.2 Å². The first-order valence-corrected chi connectivity index (χ1v) is 10.1. The van der Waals surface area contributed by atoms with Crippen molar-refractivity contribution in [1.82, 2.24) is 15.6 Å². The number of aliphatic imine (C=N–C) groups is 1. The van der Waals surface area contributed by atoms with E-state index in [9.17, 15) is 0 Å². The van der Waals surface area contributed by atoms with E-state index in [0.29, 0.717) is 17.6 Å². The molecule has 1 aromatic rings. The molecule has 1 aromatic heterocycles. The van der Waals surface area contributed by atoms with E-state index in [1.165, 1.54) is 30.6 Å². The lowest BCUT2D eigenvalue weighted by molar-refractivity contribution is -0.125. The standard InChI is InChI=1S/C18H30N4OS.HI/c1-4-13-11-20-16(24-13)12-21-17(19-3)22-14-10-15(23-5-2)18(14)8-6-7-9-18;/h11,14-15H,4-10,12H2,1-3H3,(H2,19,21,22);1H. The molecule has 2 N–H and O–H groups in total. The third-order valence-electron chi connectivity index (χ3n) is 5.58. The van der Waals surface area contributed by atoms with Crippen molar-refractivity contribution >= 4 is 41.3 Å². The van der Waals surface area contributed by atoms with Gasteiger partial charge in [0.15, 0.2) is 5.96 Å². The van der Waals surface area contributed by atoms with Gasteiger partial charge in [-0.05, 0) is 32.6 Å². The minimum absolute atomic E-state index is 0. The number of halogens is 1. The van der Waals surface area contributed by atoms with Gasteiger partial charge in [-0.15, -0.1) is 35.3 Å². The molecule has 2 saturated carbocycles. The molecule has 0 aromatic carbocycles. The summed E-state index contributed by atoms with van der Waals surface area (Å²) < 4.78 is 6.00. The molecular weight excluding hydrogens is 447 g/mol. The molecule has 0 amide bonds. The number of hydrogen-bond acceptors (Lipinski definition) is 4. The Balaban J connectivity index is 0.00000225. The average molecular weight is 478 g/mol. The van der Waals surface area contributed by atoms with Crippen LogP contribution in [-0.4, -0.2) is 36.7 Å². The lowest BCUT2D eigenvalue weighted by atomic mass is 9.60. The van der Waals surface area contributed by atoms with Crippen molar-refractivity contribution in [2.45, 2.75) is 71.1 Å². The van der Waals surface area contributed by atoms with Crippen molar-refractivity contribution in [1.29, 1.82) is 0 Å². The summed E-state index contributed by atoms with van der Waals surface area (Å²) in [6.07, 6.45) is 9.74. The highest BCUT2D eigenvalue weighted by Crippen LogP contribution is 2.54. The van der Waals surface area contributed by atoms with Crippen LogP contribution < -0.4 is 10.6 Å². The molecule has 0 bridgehead atoms. The highest BCUT2D eigenvalue weighted by Gasteiger charge is 2.56. The van der Waals surface area contributed by atoms with Gasteiger partial charge in [0.1, 0.15) is 5.01 Å². The summed E-state index contributed by atoms with van der Waals surface area (Å²) in [5, 5.41) is 8.19. The molecule has 0 aliphatic heterocycles. The van der Waals surface area contributed by atoms with Crippen LogP contribution in [0.15, 0.2) is 11.2 Å². The summed E-state index contributed by atoms with van der Waals surface area (Å²) in [5.41, 5.74) is 0.324. The normalized spacial score (nSPS) is 24.7. The van der Waals surface area contributed by atoms with E-state index in [4.69, 9.17) is 4.74 Å². The monoisotopic (exact) mass is 478 g/mol. The van der Waals surface area contributed by atoms with E-state index in [1.54, 1.807) is 11.3 Å². The van der Waals surface area contributed by atoms with Gasteiger partial charge in [0.05, 0.1) is 12.6 Å². The molecule has 25 heavy (non-hydrogen) atoms. The van der Waals surface area contributed by atoms with Gasteiger partial charge in [0.2, 0.25) is 0 Å². The van der Waals surface area contributed by atoms with E-state index in [0.717, 1.165) is 37.0 Å². The molecule has 0 saturated heterocycles. The van der Waals surface area contributed by atoms with Crippen LogP contribution in [0.2, 0.25) is 0 Å². The quantitative estimate of drug-likeness (QED) is 0.372. The zero-order valence-corrected chi connectivity index (χ0v) is 18.7. The van der Waals surface area contributed by atoms with Crippen LogP contribution in [0.1, 0.15) is 55.8 Å². The minimum Gasteiger partial charge on any atom is -0.378 e. The fourth-order valence-electron chi connectivity index (χ4n) is 4.20. The fraction of sp³-hybridized carbons (Fsp3) is 0.778. The van der Waals surface area contributed by atoms with Crippen LogP contribution in [0, 0.1) is 5.41 Å². The summed E-state index contributed by atoms with van der Waals surface area (Å²) in [6.45, 7) is 5.81. The minimum atomic E-state index is 0. The molecule has 5 nitrogen and oxygen atoms in total. The smallest absolute Gasteiger partial charge is 0.191 e. The number of thiazole rings is 1. The van der Waals surface area contributed by atoms with Gasteiger partial charge in [0.25, 0.3) is 0 Å². The van der Waals surface area contributed by atoms with Crippen LogP contribution in [-0.2, 0) is 17.7 Å². The first-order chi connectivity index (χ1) is 11.7. The van der Waals surface area contributed by atoms with Crippen LogP contribution in [0.3, 0.4) is 0 Å². The molecule has 3 rings (SSSR count). The fourth-order valence-corrected chi connectivity index (χ4v) is 5.00. The third-order valence-corrected chi connectivity index (χ3v) is 6.72. The molecule has 1 heterocycles. The maximum Gasteiger partial charge on any atom is 0.191 e. The maximum atomic E-state index is 6.00. The number of aryl methyl sites for hydroxylation is 1. The Hall–Kier alpha value is -0.410. The Bertz CT molecular complexity index is 571. The summed E-state index contributed by atoms with van der Waals surface area (Å²) >= 11 is 1.77. The molecule has 2 aliphatic rings. The van der Waals surface area contributed by atoms with E-state index in [2.05, 4.69) is 34.5 Å². The highest BCUT2D eigenvalue weighted by molar-refractivity contribution is 14.0. The van der Waals surface area contributed by atoms with E-state index in [-0.39, 0.29) is 24.0 Å². The van der Waals surface area contributed by atoms with Crippen molar-refractivity contribution in [3.05, 3.63) is 16.1 Å². The van der Waals surface area contributed by atoms with Gasteiger partial charge in [0, 0.05) is 36.2 Å². The van der Waals surface area contributed by atoms with Crippen LogP contribution in [0.5, 0.6) is 0 Å². The predicted molar refractivity (Wildman–Crippen MR) is 115 cm³/mol.